The molecule has 0 atom stereocenters. The second kappa shape index (κ2) is 5.58. The number of hydrogen-bond acceptors (Lipinski definition) is 5. The molecule has 8 heteroatoms. The van der Waals surface area contributed by atoms with E-state index in [9.17, 15) is 14.4 Å². The van der Waals surface area contributed by atoms with Gasteiger partial charge in [0.05, 0.1) is 11.8 Å². The fraction of sp³-hybridized carbons (Fsp3) is 0.412. The van der Waals surface area contributed by atoms with E-state index in [4.69, 9.17) is 4.42 Å². The zero-order chi connectivity index (χ0) is 17.6. The van der Waals surface area contributed by atoms with Crippen LogP contribution in [0.1, 0.15) is 44.7 Å². The molecule has 2 aromatic heterocycles. The predicted molar refractivity (Wildman–Crippen MR) is 86.2 cm³/mol. The first-order valence-electron chi connectivity index (χ1n) is 8.15. The number of aromatic amines is 1. The SMILES string of the molecule is CC(=O)c1cc(C(=O)N2CC3(CCN(C(=O)c4ccoc4)C3)C2)[nH]n1. The van der Waals surface area contributed by atoms with E-state index in [1.807, 2.05) is 4.90 Å². The van der Waals surface area contributed by atoms with Gasteiger partial charge in [-0.25, -0.2) is 0 Å². The number of amides is 2. The van der Waals surface area contributed by atoms with Crippen molar-refractivity contribution in [3.8, 4) is 0 Å². The van der Waals surface area contributed by atoms with Crippen LogP contribution in [0.4, 0.5) is 0 Å². The minimum absolute atomic E-state index is 0.0293. The van der Waals surface area contributed by atoms with Crippen LogP contribution >= 0.6 is 0 Å². The van der Waals surface area contributed by atoms with E-state index in [2.05, 4.69) is 10.2 Å². The monoisotopic (exact) mass is 342 g/mol. The number of carbonyl (C=O) groups is 3. The first-order valence-corrected chi connectivity index (χ1v) is 8.15. The van der Waals surface area contributed by atoms with Gasteiger partial charge in [-0.3, -0.25) is 19.5 Å². The summed E-state index contributed by atoms with van der Waals surface area (Å²) in [4.78, 5) is 39.7. The molecule has 2 fully saturated rings. The lowest BCUT2D eigenvalue weighted by atomic mass is 9.79. The Bertz CT molecular complexity index is 833. The summed E-state index contributed by atoms with van der Waals surface area (Å²) < 4.78 is 4.97. The lowest BCUT2D eigenvalue weighted by Gasteiger charge is -2.47. The molecule has 2 amide bonds. The maximum Gasteiger partial charge on any atom is 0.271 e. The fourth-order valence-electron chi connectivity index (χ4n) is 3.62. The van der Waals surface area contributed by atoms with Crippen LogP contribution in [0.25, 0.3) is 0 Å². The zero-order valence-corrected chi connectivity index (χ0v) is 13.8. The number of nitrogens with zero attached hydrogens (tertiary/aromatic N) is 3. The second-order valence-electron chi connectivity index (χ2n) is 6.87. The van der Waals surface area contributed by atoms with E-state index in [0.29, 0.717) is 37.4 Å². The summed E-state index contributed by atoms with van der Waals surface area (Å²) in [7, 11) is 0. The first-order chi connectivity index (χ1) is 12.0. The molecule has 2 aromatic rings. The van der Waals surface area contributed by atoms with Gasteiger partial charge in [-0.05, 0) is 18.6 Å². The van der Waals surface area contributed by atoms with Gasteiger partial charge in [0.25, 0.3) is 11.8 Å². The average molecular weight is 342 g/mol. The summed E-state index contributed by atoms with van der Waals surface area (Å²) in [5, 5.41) is 6.47. The third-order valence-corrected chi connectivity index (χ3v) is 5.00. The minimum Gasteiger partial charge on any atom is -0.472 e. The van der Waals surface area contributed by atoms with Gasteiger partial charge in [0, 0.05) is 38.5 Å². The van der Waals surface area contributed by atoms with Crippen LogP contribution in [0, 0.1) is 5.41 Å². The van der Waals surface area contributed by atoms with E-state index in [1.54, 1.807) is 11.0 Å². The van der Waals surface area contributed by atoms with Crippen LogP contribution in [0.2, 0.25) is 0 Å². The van der Waals surface area contributed by atoms with Gasteiger partial charge >= 0.3 is 0 Å². The molecule has 0 bridgehead atoms. The molecule has 130 valence electrons. The highest BCUT2D eigenvalue weighted by Crippen LogP contribution is 2.40. The minimum atomic E-state index is -0.181. The number of furan rings is 1. The van der Waals surface area contributed by atoms with Gasteiger partial charge in [0.1, 0.15) is 17.7 Å². The molecule has 1 spiro atoms. The largest absolute Gasteiger partial charge is 0.472 e. The van der Waals surface area contributed by atoms with Gasteiger partial charge in [0.2, 0.25) is 0 Å². The molecule has 8 nitrogen and oxygen atoms in total. The molecule has 0 aliphatic carbocycles. The molecule has 1 N–H and O–H groups in total. The lowest BCUT2D eigenvalue weighted by molar-refractivity contribution is 0.0105. The maximum atomic E-state index is 12.5. The quantitative estimate of drug-likeness (QED) is 0.845. The van der Waals surface area contributed by atoms with Gasteiger partial charge in [-0.15, -0.1) is 0 Å². The van der Waals surface area contributed by atoms with Crippen molar-refractivity contribution in [2.75, 3.05) is 26.2 Å². The molecule has 0 radical (unpaired) electrons. The van der Waals surface area contributed by atoms with Gasteiger partial charge in [0.15, 0.2) is 5.78 Å². The van der Waals surface area contributed by atoms with Crippen LogP contribution in [-0.2, 0) is 0 Å². The van der Waals surface area contributed by atoms with Crippen molar-refractivity contribution in [3.63, 3.8) is 0 Å². The van der Waals surface area contributed by atoms with Crippen molar-refractivity contribution in [2.24, 2.45) is 5.41 Å². The summed E-state index contributed by atoms with van der Waals surface area (Å²) >= 11 is 0. The molecule has 0 aromatic carbocycles. The van der Waals surface area contributed by atoms with Gasteiger partial charge in [-0.1, -0.05) is 0 Å². The van der Waals surface area contributed by atoms with E-state index in [-0.39, 0.29) is 28.7 Å². The highest BCUT2D eigenvalue weighted by molar-refractivity contribution is 5.98. The number of aromatic nitrogens is 2. The second-order valence-corrected chi connectivity index (χ2v) is 6.87. The zero-order valence-electron chi connectivity index (χ0n) is 13.8. The average Bonchev–Trinajstić information content (AvgIpc) is 3.31. The molecule has 4 heterocycles. The number of rotatable bonds is 3. The molecular weight excluding hydrogens is 324 g/mol. The van der Waals surface area contributed by atoms with Crippen molar-refractivity contribution in [2.45, 2.75) is 13.3 Å². The Morgan fingerprint density at radius 1 is 1.20 bits per heavy atom. The summed E-state index contributed by atoms with van der Waals surface area (Å²) in [5.74, 6) is -0.375. The Balaban J connectivity index is 1.37. The molecule has 2 aliphatic rings. The molecule has 25 heavy (non-hydrogen) atoms. The number of H-pyrrole nitrogens is 1. The standard InChI is InChI=1S/C17H18N4O4/c1-11(22)13-6-14(19-18-13)16(24)21-9-17(10-21)3-4-20(8-17)15(23)12-2-5-25-7-12/h2,5-7H,3-4,8-10H2,1H3,(H,18,19). The fourth-order valence-corrected chi connectivity index (χ4v) is 3.62. The van der Waals surface area contributed by atoms with Crippen molar-refractivity contribution >= 4 is 17.6 Å². The highest BCUT2D eigenvalue weighted by atomic mass is 16.3. The van der Waals surface area contributed by atoms with E-state index >= 15 is 0 Å². The van der Waals surface area contributed by atoms with Crippen LogP contribution in [-0.4, -0.2) is 63.8 Å². The maximum absolute atomic E-state index is 12.5. The number of hydrogen-bond donors (Lipinski definition) is 1. The summed E-state index contributed by atoms with van der Waals surface area (Å²) in [6.07, 6.45) is 3.82. The van der Waals surface area contributed by atoms with Crippen LogP contribution < -0.4 is 0 Å². The Morgan fingerprint density at radius 2 is 1.96 bits per heavy atom. The normalized spacial score (nSPS) is 18.4. The third kappa shape index (κ3) is 2.63. The van der Waals surface area contributed by atoms with Gasteiger partial charge in [-0.2, -0.15) is 5.10 Å². The van der Waals surface area contributed by atoms with Crippen LogP contribution in [0.5, 0.6) is 0 Å². The number of nitrogens with one attached hydrogen (secondary N) is 1. The number of ketones is 1. The molecule has 2 aliphatic heterocycles. The Morgan fingerprint density at radius 3 is 2.60 bits per heavy atom. The Kier molecular flexibility index (Phi) is 3.48. The summed E-state index contributed by atoms with van der Waals surface area (Å²) in [6, 6.07) is 3.15. The lowest BCUT2D eigenvalue weighted by Crippen LogP contribution is -2.59. The molecule has 4 rings (SSSR count). The number of carbonyl (C=O) groups excluding carboxylic acids is 3. The van der Waals surface area contributed by atoms with Crippen molar-refractivity contribution in [3.05, 3.63) is 41.6 Å². The van der Waals surface area contributed by atoms with Gasteiger partial charge < -0.3 is 14.2 Å². The summed E-state index contributed by atoms with van der Waals surface area (Å²) in [6.45, 7) is 3.95. The number of Topliss-reactive ketones (excluding diaryl/α,β-unsaturated/α-hetero) is 1. The van der Waals surface area contributed by atoms with Crippen molar-refractivity contribution in [1.29, 1.82) is 0 Å². The molecular formula is C17H18N4O4. The highest BCUT2D eigenvalue weighted by Gasteiger charge is 2.50. The van der Waals surface area contributed by atoms with E-state index in [1.165, 1.54) is 25.5 Å². The van der Waals surface area contributed by atoms with E-state index < -0.39 is 0 Å². The predicted octanol–water partition coefficient (Wildman–Crippen LogP) is 1.19. The Labute approximate surface area is 143 Å². The third-order valence-electron chi connectivity index (χ3n) is 5.00. The van der Waals surface area contributed by atoms with Crippen LogP contribution in [0.3, 0.4) is 0 Å². The molecule has 2 saturated heterocycles. The molecule has 0 saturated carbocycles. The first kappa shape index (κ1) is 15.6. The Hall–Kier alpha value is -2.90. The summed E-state index contributed by atoms with van der Waals surface area (Å²) in [5.41, 5.74) is 1.11. The topological polar surface area (TPSA) is 99.5 Å². The molecule has 0 unspecified atom stereocenters. The van der Waals surface area contributed by atoms with Crippen molar-refractivity contribution < 1.29 is 18.8 Å². The van der Waals surface area contributed by atoms with Crippen LogP contribution in [0.15, 0.2) is 29.1 Å². The number of likely N-dealkylation sites (tertiary alicyclic amines) is 2. The van der Waals surface area contributed by atoms with E-state index in [0.717, 1.165) is 6.42 Å². The van der Waals surface area contributed by atoms with Crippen molar-refractivity contribution in [1.82, 2.24) is 20.0 Å². The smallest absolute Gasteiger partial charge is 0.271 e.